The van der Waals surface area contributed by atoms with Gasteiger partial charge in [0.2, 0.25) is 0 Å². The van der Waals surface area contributed by atoms with E-state index in [9.17, 15) is 4.79 Å². The fourth-order valence-electron chi connectivity index (χ4n) is 2.79. The third kappa shape index (κ3) is 7.34. The van der Waals surface area contributed by atoms with E-state index in [-0.39, 0.29) is 5.91 Å². The van der Waals surface area contributed by atoms with Crippen molar-refractivity contribution in [2.24, 2.45) is 0 Å². The topological polar surface area (TPSA) is 50.8 Å². The number of rotatable bonds is 13. The van der Waals surface area contributed by atoms with Gasteiger partial charge in [-0.15, -0.1) is 0 Å². The number of hydrogen-bond acceptors (Lipinski definition) is 4. The van der Waals surface area contributed by atoms with Crippen molar-refractivity contribution in [2.45, 2.75) is 59.5 Å². The van der Waals surface area contributed by atoms with Gasteiger partial charge in [0.15, 0.2) is 0 Å². The molecule has 1 amide bonds. The molecule has 0 aliphatic carbocycles. The molecular weight excluding hydrogens is 328 g/mol. The SMILES string of the molecule is CCCO[C@@](C)(CCC)C(=O)Nc1ccc(OCCN(CC)CC)cc1. The molecule has 0 fully saturated rings. The van der Waals surface area contributed by atoms with Crippen molar-refractivity contribution in [1.82, 2.24) is 4.90 Å². The Hall–Kier alpha value is -1.59. The zero-order chi connectivity index (χ0) is 19.4. The van der Waals surface area contributed by atoms with Crippen LogP contribution in [0.4, 0.5) is 5.69 Å². The maximum Gasteiger partial charge on any atom is 0.256 e. The minimum absolute atomic E-state index is 0.0944. The van der Waals surface area contributed by atoms with Gasteiger partial charge in [-0.05, 0) is 57.1 Å². The fourth-order valence-corrected chi connectivity index (χ4v) is 2.79. The van der Waals surface area contributed by atoms with Crippen LogP contribution in [0.3, 0.4) is 0 Å². The first-order valence-corrected chi connectivity index (χ1v) is 9.89. The lowest BCUT2D eigenvalue weighted by molar-refractivity contribution is -0.140. The van der Waals surface area contributed by atoms with E-state index >= 15 is 0 Å². The minimum Gasteiger partial charge on any atom is -0.492 e. The number of carbonyl (C=O) groups is 1. The fraction of sp³-hybridized carbons (Fsp3) is 0.667. The number of anilines is 1. The second kappa shape index (κ2) is 11.9. The average molecular weight is 365 g/mol. The summed E-state index contributed by atoms with van der Waals surface area (Å²) in [5.41, 5.74) is -0.0301. The van der Waals surface area contributed by atoms with Crippen LogP contribution in [0.2, 0.25) is 0 Å². The van der Waals surface area contributed by atoms with Crippen LogP contribution in [0.15, 0.2) is 24.3 Å². The Kier molecular flexibility index (Phi) is 10.3. The van der Waals surface area contributed by atoms with Gasteiger partial charge in [-0.25, -0.2) is 0 Å². The molecule has 0 aromatic heterocycles. The van der Waals surface area contributed by atoms with Gasteiger partial charge in [-0.3, -0.25) is 4.79 Å². The summed E-state index contributed by atoms with van der Waals surface area (Å²) < 4.78 is 11.6. The molecule has 0 spiro atoms. The van der Waals surface area contributed by atoms with E-state index in [1.54, 1.807) is 0 Å². The largest absolute Gasteiger partial charge is 0.492 e. The highest BCUT2D eigenvalue weighted by molar-refractivity contribution is 5.97. The molecule has 0 unspecified atom stereocenters. The molecule has 1 N–H and O–H groups in total. The predicted octanol–water partition coefficient (Wildman–Crippen LogP) is 4.33. The molecule has 1 aromatic carbocycles. The Labute approximate surface area is 159 Å². The van der Waals surface area contributed by atoms with Crippen LogP contribution in [-0.4, -0.2) is 49.3 Å². The Morgan fingerprint density at radius 2 is 1.69 bits per heavy atom. The summed E-state index contributed by atoms with van der Waals surface area (Å²) in [6.07, 6.45) is 2.49. The number of ether oxygens (including phenoxy) is 2. The number of likely N-dealkylation sites (N-methyl/N-ethyl adjacent to an activating group) is 1. The van der Waals surface area contributed by atoms with Gasteiger partial charge in [0, 0.05) is 18.8 Å². The lowest BCUT2D eigenvalue weighted by Crippen LogP contribution is -2.43. The van der Waals surface area contributed by atoms with Crippen molar-refractivity contribution in [3.8, 4) is 5.75 Å². The first-order chi connectivity index (χ1) is 12.5. The van der Waals surface area contributed by atoms with Gasteiger partial charge >= 0.3 is 0 Å². The molecule has 0 heterocycles. The van der Waals surface area contributed by atoms with Crippen molar-refractivity contribution >= 4 is 11.6 Å². The third-order valence-corrected chi connectivity index (χ3v) is 4.51. The molecule has 0 saturated carbocycles. The molecule has 5 nitrogen and oxygen atoms in total. The highest BCUT2D eigenvalue weighted by Crippen LogP contribution is 2.22. The molecule has 148 valence electrons. The monoisotopic (exact) mass is 364 g/mol. The smallest absolute Gasteiger partial charge is 0.256 e. The summed E-state index contributed by atoms with van der Waals surface area (Å²) in [4.78, 5) is 15.0. The molecule has 1 aromatic rings. The number of nitrogens with zero attached hydrogens (tertiary/aromatic N) is 1. The normalized spacial score (nSPS) is 13.5. The van der Waals surface area contributed by atoms with E-state index in [0.717, 1.165) is 43.9 Å². The molecule has 0 radical (unpaired) electrons. The highest BCUT2D eigenvalue weighted by Gasteiger charge is 2.33. The van der Waals surface area contributed by atoms with Gasteiger partial charge in [-0.2, -0.15) is 0 Å². The number of nitrogens with one attached hydrogen (secondary N) is 1. The van der Waals surface area contributed by atoms with Crippen molar-refractivity contribution in [3.05, 3.63) is 24.3 Å². The Morgan fingerprint density at radius 3 is 2.23 bits per heavy atom. The van der Waals surface area contributed by atoms with Crippen LogP contribution in [0.5, 0.6) is 5.75 Å². The number of carbonyl (C=O) groups excluding carboxylic acids is 1. The first kappa shape index (κ1) is 22.5. The molecular formula is C21H36N2O3. The predicted molar refractivity (Wildman–Crippen MR) is 108 cm³/mol. The van der Waals surface area contributed by atoms with E-state index < -0.39 is 5.60 Å². The van der Waals surface area contributed by atoms with E-state index in [1.165, 1.54) is 0 Å². The molecule has 0 saturated heterocycles. The Balaban J connectivity index is 2.58. The Bertz CT molecular complexity index is 514. The summed E-state index contributed by atoms with van der Waals surface area (Å²) in [6, 6.07) is 7.53. The number of benzene rings is 1. The summed E-state index contributed by atoms with van der Waals surface area (Å²) >= 11 is 0. The van der Waals surface area contributed by atoms with Gasteiger partial charge < -0.3 is 19.7 Å². The first-order valence-electron chi connectivity index (χ1n) is 9.89. The molecule has 0 aliphatic rings. The van der Waals surface area contributed by atoms with E-state index in [0.29, 0.717) is 19.6 Å². The van der Waals surface area contributed by atoms with Crippen LogP contribution >= 0.6 is 0 Å². The molecule has 5 heteroatoms. The molecule has 26 heavy (non-hydrogen) atoms. The number of hydrogen-bond donors (Lipinski definition) is 1. The maximum absolute atomic E-state index is 12.7. The van der Waals surface area contributed by atoms with Gasteiger partial charge in [-0.1, -0.05) is 34.1 Å². The maximum atomic E-state index is 12.7. The minimum atomic E-state index is -0.788. The standard InChI is InChI=1S/C21H36N2O3/c1-6-14-21(5,26-16-7-2)20(24)22-18-10-12-19(13-11-18)25-17-15-23(8-3)9-4/h10-13H,6-9,14-17H2,1-5H3,(H,22,24)/t21-/m0/s1. The van der Waals surface area contributed by atoms with Crippen molar-refractivity contribution in [3.63, 3.8) is 0 Å². The van der Waals surface area contributed by atoms with Crippen LogP contribution in [-0.2, 0) is 9.53 Å². The van der Waals surface area contributed by atoms with Gasteiger partial charge in [0.25, 0.3) is 5.91 Å². The van der Waals surface area contributed by atoms with Crippen LogP contribution in [0.25, 0.3) is 0 Å². The second-order valence-electron chi connectivity index (χ2n) is 6.68. The van der Waals surface area contributed by atoms with E-state index in [2.05, 4.69) is 31.0 Å². The molecule has 1 rings (SSSR count). The second-order valence-corrected chi connectivity index (χ2v) is 6.68. The van der Waals surface area contributed by atoms with E-state index in [4.69, 9.17) is 9.47 Å². The molecule has 1 atom stereocenters. The van der Waals surface area contributed by atoms with Crippen molar-refractivity contribution in [1.29, 1.82) is 0 Å². The summed E-state index contributed by atoms with van der Waals surface area (Å²) in [5.74, 6) is 0.719. The van der Waals surface area contributed by atoms with Crippen molar-refractivity contribution < 1.29 is 14.3 Å². The Morgan fingerprint density at radius 1 is 1.04 bits per heavy atom. The third-order valence-electron chi connectivity index (χ3n) is 4.51. The summed E-state index contributed by atoms with van der Waals surface area (Å²) in [6.45, 7) is 14.5. The van der Waals surface area contributed by atoms with Crippen LogP contribution in [0.1, 0.15) is 53.9 Å². The lowest BCUT2D eigenvalue weighted by atomic mass is 9.99. The highest BCUT2D eigenvalue weighted by atomic mass is 16.5. The van der Waals surface area contributed by atoms with Gasteiger partial charge in [0.1, 0.15) is 18.0 Å². The zero-order valence-electron chi connectivity index (χ0n) is 17.1. The lowest BCUT2D eigenvalue weighted by Gasteiger charge is -2.28. The van der Waals surface area contributed by atoms with Gasteiger partial charge in [0.05, 0.1) is 0 Å². The molecule has 0 bridgehead atoms. The number of amides is 1. The molecule has 0 aliphatic heterocycles. The quantitative estimate of drug-likeness (QED) is 0.566. The van der Waals surface area contributed by atoms with Crippen molar-refractivity contribution in [2.75, 3.05) is 38.2 Å². The summed E-state index contributed by atoms with van der Waals surface area (Å²) in [5, 5.41) is 2.97. The van der Waals surface area contributed by atoms with E-state index in [1.807, 2.05) is 38.1 Å². The van der Waals surface area contributed by atoms with Crippen LogP contribution in [0, 0.1) is 0 Å². The average Bonchev–Trinajstić information content (AvgIpc) is 2.65. The van der Waals surface area contributed by atoms with Crippen LogP contribution < -0.4 is 10.1 Å². The zero-order valence-corrected chi connectivity index (χ0v) is 17.1. The summed E-state index contributed by atoms with van der Waals surface area (Å²) in [7, 11) is 0.